The van der Waals surface area contributed by atoms with E-state index in [1.807, 2.05) is 0 Å². The number of rotatable bonds is 6. The van der Waals surface area contributed by atoms with Crippen molar-refractivity contribution in [2.24, 2.45) is 5.73 Å². The van der Waals surface area contributed by atoms with Crippen LogP contribution in [-0.2, 0) is 18.9 Å². The van der Waals surface area contributed by atoms with Gasteiger partial charge in [0.05, 0.1) is 0 Å². The van der Waals surface area contributed by atoms with Gasteiger partial charge in [-0.3, -0.25) is 0 Å². The molecule has 0 aliphatic carbocycles. The molecule has 0 saturated heterocycles. The fraction of sp³-hybridized carbons (Fsp3) is 0.583. The zero-order valence-electron chi connectivity index (χ0n) is 11.4. The molecule has 6 nitrogen and oxygen atoms in total. The van der Waals surface area contributed by atoms with E-state index < -0.39 is 12.0 Å². The quantitative estimate of drug-likeness (QED) is 0.579. The molecule has 0 aliphatic rings. The molecular weight excluding hydrogens is 267 g/mol. The predicted molar refractivity (Wildman–Crippen MR) is 72.1 cm³/mol. The van der Waals surface area contributed by atoms with E-state index in [-0.39, 0.29) is 20.4 Å². The van der Waals surface area contributed by atoms with Gasteiger partial charge in [-0.2, -0.15) is 0 Å². The summed E-state index contributed by atoms with van der Waals surface area (Å²) in [6, 6.07) is -0.924. The Morgan fingerprint density at radius 3 is 2.63 bits per heavy atom. The molecule has 0 radical (unpaired) electrons. The van der Waals surface area contributed by atoms with Crippen LogP contribution in [0.15, 0.2) is 11.6 Å². The summed E-state index contributed by atoms with van der Waals surface area (Å²) < 4.78 is 15.3. The van der Waals surface area contributed by atoms with Crippen LogP contribution >= 0.6 is 7.92 Å². The minimum absolute atomic E-state index is 0.0753. The maximum absolute atomic E-state index is 11.4. The number of nitrogens with zero attached hydrogens (tertiary/aromatic N) is 1. The van der Waals surface area contributed by atoms with Crippen LogP contribution in [0.2, 0.25) is 0 Å². The van der Waals surface area contributed by atoms with Gasteiger partial charge in [0.1, 0.15) is 0 Å². The Morgan fingerprint density at radius 1 is 1.53 bits per heavy atom. The first kappa shape index (κ1) is 17.6. The van der Waals surface area contributed by atoms with Gasteiger partial charge in [-0.25, -0.2) is 0 Å². The molecule has 0 aromatic rings. The minimum atomic E-state index is -0.924. The van der Waals surface area contributed by atoms with Crippen molar-refractivity contribution in [2.75, 3.05) is 20.2 Å². The fourth-order valence-corrected chi connectivity index (χ4v) is 1.51. The summed E-state index contributed by atoms with van der Waals surface area (Å²) >= 11 is 0. The van der Waals surface area contributed by atoms with Crippen molar-refractivity contribution < 1.29 is 18.9 Å². The first-order valence-electron chi connectivity index (χ1n) is 5.85. The maximum atomic E-state index is 11.4. The van der Waals surface area contributed by atoms with Crippen molar-refractivity contribution in [2.45, 2.75) is 26.3 Å². The number of amides is 1. The number of ether oxygens (including phenoxy) is 1. The molecule has 0 spiro atoms. The van der Waals surface area contributed by atoms with Crippen LogP contribution in [-0.4, -0.2) is 43.0 Å². The van der Waals surface area contributed by atoms with Gasteiger partial charge in [0.15, 0.2) is 0 Å². The van der Waals surface area contributed by atoms with E-state index in [1.165, 1.54) is 17.9 Å². The Kier molecular flexibility index (Phi) is 8.88. The van der Waals surface area contributed by atoms with Gasteiger partial charge < -0.3 is 0 Å². The Morgan fingerprint density at radius 2 is 2.16 bits per heavy atom. The number of nitrogens with two attached hydrogens (primary N) is 1. The number of esters is 1. The average Bonchev–Trinajstić information content (AvgIpc) is 2.35. The Balaban J connectivity index is 4.70. The third kappa shape index (κ3) is 7.62. The number of hydrogen-bond donors (Lipinski definition) is 1. The molecule has 0 aliphatic heterocycles. The van der Waals surface area contributed by atoms with Gasteiger partial charge >= 0.3 is 113 Å². The normalized spacial score (nSPS) is 12.3. The zero-order chi connectivity index (χ0) is 14.8. The van der Waals surface area contributed by atoms with Crippen LogP contribution < -0.4 is 5.73 Å². The molecule has 0 bridgehead atoms. The molecule has 106 valence electrons. The summed E-state index contributed by atoms with van der Waals surface area (Å²) in [5.74, 6) is -0.627. The SMILES string of the molecule is CCOC(=O)C(N)C=C(C#P=O)CCN(C)C(C)=O. The van der Waals surface area contributed by atoms with Crippen molar-refractivity contribution in [3.05, 3.63) is 11.6 Å². The molecule has 2 N–H and O–H groups in total. The van der Waals surface area contributed by atoms with E-state index in [1.54, 1.807) is 14.0 Å². The van der Waals surface area contributed by atoms with Crippen molar-refractivity contribution in [1.82, 2.24) is 4.90 Å². The van der Waals surface area contributed by atoms with E-state index in [2.05, 4.69) is 5.63 Å². The monoisotopic (exact) mass is 286 g/mol. The predicted octanol–water partition coefficient (Wildman–Crippen LogP) is 0.923. The molecule has 0 saturated carbocycles. The second kappa shape index (κ2) is 9.56. The van der Waals surface area contributed by atoms with Gasteiger partial charge in [0.25, 0.3) is 0 Å². The van der Waals surface area contributed by atoms with E-state index in [0.717, 1.165) is 0 Å². The van der Waals surface area contributed by atoms with Gasteiger partial charge in [0.2, 0.25) is 0 Å². The summed E-state index contributed by atoms with van der Waals surface area (Å²) in [5.41, 5.74) is 8.70. The van der Waals surface area contributed by atoms with Crippen LogP contribution in [0.25, 0.3) is 0 Å². The van der Waals surface area contributed by atoms with E-state index in [0.29, 0.717) is 18.5 Å². The van der Waals surface area contributed by atoms with Gasteiger partial charge in [0, 0.05) is 0 Å². The summed E-state index contributed by atoms with van der Waals surface area (Å²) in [4.78, 5) is 23.9. The summed E-state index contributed by atoms with van der Waals surface area (Å²) in [5, 5.41) is 0. The Hall–Kier alpha value is -1.35. The van der Waals surface area contributed by atoms with Crippen molar-refractivity contribution in [3.8, 4) is 5.63 Å². The van der Waals surface area contributed by atoms with E-state index in [4.69, 9.17) is 10.5 Å². The molecular formula is C12H19N2O4P. The first-order chi connectivity index (χ1) is 8.92. The molecule has 0 aromatic heterocycles. The Bertz CT molecular complexity index is 455. The summed E-state index contributed by atoms with van der Waals surface area (Å²) in [6.07, 6.45) is 1.86. The van der Waals surface area contributed by atoms with Crippen LogP contribution in [0.5, 0.6) is 0 Å². The van der Waals surface area contributed by atoms with Crippen molar-refractivity contribution >= 4 is 19.8 Å². The fourth-order valence-electron chi connectivity index (χ4n) is 1.20. The standard InChI is InChI=1S/C12H19N2O4P/c1-4-18-12(16)11(13)7-10(8-19-17)5-6-14(3)9(2)15/h7,11H,4-6,13H2,1-3H3. The van der Waals surface area contributed by atoms with Crippen LogP contribution in [0, 0.1) is 5.63 Å². The van der Waals surface area contributed by atoms with Gasteiger partial charge in [-0.15, -0.1) is 0 Å². The van der Waals surface area contributed by atoms with Crippen LogP contribution in [0.3, 0.4) is 0 Å². The molecule has 0 aromatic carbocycles. The molecule has 7 heteroatoms. The molecule has 0 heterocycles. The van der Waals surface area contributed by atoms with Crippen LogP contribution in [0.4, 0.5) is 0 Å². The van der Waals surface area contributed by atoms with Crippen molar-refractivity contribution in [1.29, 1.82) is 0 Å². The Labute approximate surface area is 114 Å². The topological polar surface area (TPSA) is 89.7 Å². The molecule has 1 unspecified atom stereocenters. The third-order valence-corrected chi connectivity index (χ3v) is 2.76. The second-order valence-electron chi connectivity index (χ2n) is 3.86. The zero-order valence-corrected chi connectivity index (χ0v) is 12.3. The molecule has 19 heavy (non-hydrogen) atoms. The number of carbonyl (C=O) groups is 2. The molecule has 1 atom stereocenters. The van der Waals surface area contributed by atoms with Gasteiger partial charge in [-0.05, 0) is 0 Å². The van der Waals surface area contributed by atoms with E-state index >= 15 is 0 Å². The molecule has 0 rings (SSSR count). The summed E-state index contributed by atoms with van der Waals surface area (Å²) in [6.45, 7) is 3.81. The van der Waals surface area contributed by atoms with Crippen molar-refractivity contribution in [3.63, 3.8) is 0 Å². The number of hydrogen-bond acceptors (Lipinski definition) is 5. The average molecular weight is 286 g/mol. The first-order valence-corrected chi connectivity index (χ1v) is 6.66. The summed E-state index contributed by atoms with van der Waals surface area (Å²) in [7, 11) is 1.36. The third-order valence-electron chi connectivity index (χ3n) is 2.38. The second-order valence-corrected chi connectivity index (χ2v) is 4.27. The molecule has 0 fully saturated rings. The number of carbonyl (C=O) groups excluding carboxylic acids is 2. The van der Waals surface area contributed by atoms with E-state index in [9.17, 15) is 14.2 Å². The van der Waals surface area contributed by atoms with Crippen LogP contribution in [0.1, 0.15) is 20.3 Å². The molecule has 1 amide bonds. The van der Waals surface area contributed by atoms with Gasteiger partial charge in [-0.1, -0.05) is 0 Å².